The van der Waals surface area contributed by atoms with Gasteiger partial charge in [-0.25, -0.2) is 0 Å². The zero-order chi connectivity index (χ0) is 19.7. The molecule has 0 aromatic heterocycles. The average Bonchev–Trinajstić information content (AvgIpc) is 2.99. The molecule has 30 heavy (non-hydrogen) atoms. The smallest absolute Gasteiger partial charge is 0.236 e. The van der Waals surface area contributed by atoms with Gasteiger partial charge in [-0.1, -0.05) is 13.8 Å². The van der Waals surface area contributed by atoms with Crippen molar-refractivity contribution in [2.24, 2.45) is 17.8 Å². The lowest BCUT2D eigenvalue weighted by Crippen LogP contribution is -2.53. The first-order chi connectivity index (χ1) is 13.5. The highest BCUT2D eigenvalue weighted by Gasteiger charge is 2.35. The van der Waals surface area contributed by atoms with Crippen molar-refractivity contribution >= 4 is 36.6 Å². The maximum atomic E-state index is 12.8. The number of piperidine rings is 2. The highest BCUT2D eigenvalue weighted by Crippen LogP contribution is 2.33. The summed E-state index contributed by atoms with van der Waals surface area (Å²) in [7, 11) is 0. The Balaban J connectivity index is 0.00000160. The van der Waals surface area contributed by atoms with E-state index in [0.717, 1.165) is 45.7 Å². The van der Waals surface area contributed by atoms with Crippen LogP contribution in [-0.4, -0.2) is 84.4 Å². The molecule has 4 saturated heterocycles. The number of nitrogens with zero attached hydrogens (tertiary/aromatic N) is 3. The lowest BCUT2D eigenvalue weighted by molar-refractivity contribution is -0.137. The molecule has 4 atom stereocenters. The van der Waals surface area contributed by atoms with Gasteiger partial charge in [0, 0.05) is 57.8 Å². The Hall–Kier alpha value is -0.560. The van der Waals surface area contributed by atoms with Crippen LogP contribution < -0.4 is 5.32 Å². The monoisotopic (exact) mass is 462 g/mol. The van der Waals surface area contributed by atoms with Crippen LogP contribution in [-0.2, 0) is 9.59 Å². The van der Waals surface area contributed by atoms with Gasteiger partial charge in [-0.05, 0) is 49.9 Å². The van der Waals surface area contributed by atoms with E-state index in [1.54, 1.807) is 0 Å². The Labute approximate surface area is 194 Å². The maximum Gasteiger partial charge on any atom is 0.236 e. The molecule has 4 rings (SSSR count). The SMILES string of the molecule is CC1CC(C)CN(C(=O)CN2CCN(C(=O)CC3CC4CCC(C3)N4)CC2)C1.Cl.Cl. The van der Waals surface area contributed by atoms with Gasteiger partial charge in [-0.3, -0.25) is 14.5 Å². The second-order valence-electron chi connectivity index (χ2n) is 10.1. The molecule has 0 aromatic rings. The zero-order valence-electron chi connectivity index (χ0n) is 18.6. The summed E-state index contributed by atoms with van der Waals surface area (Å²) >= 11 is 0. The van der Waals surface area contributed by atoms with Gasteiger partial charge in [0.05, 0.1) is 6.54 Å². The van der Waals surface area contributed by atoms with Gasteiger partial charge in [0.2, 0.25) is 11.8 Å². The first-order valence-corrected chi connectivity index (χ1v) is 11.5. The molecule has 0 aromatic carbocycles. The molecule has 174 valence electrons. The summed E-state index contributed by atoms with van der Waals surface area (Å²) < 4.78 is 0. The molecular formula is C22H40Cl2N4O2. The number of carbonyl (C=O) groups excluding carboxylic acids is 2. The fourth-order valence-electron chi connectivity index (χ4n) is 6.03. The Morgan fingerprint density at radius 3 is 1.93 bits per heavy atom. The number of hydrogen-bond donors (Lipinski definition) is 1. The zero-order valence-corrected chi connectivity index (χ0v) is 20.2. The Morgan fingerprint density at radius 2 is 1.37 bits per heavy atom. The van der Waals surface area contributed by atoms with Gasteiger partial charge >= 0.3 is 0 Å². The third-order valence-electron chi connectivity index (χ3n) is 7.34. The van der Waals surface area contributed by atoms with Gasteiger partial charge in [-0.15, -0.1) is 24.8 Å². The molecule has 4 heterocycles. The van der Waals surface area contributed by atoms with Gasteiger partial charge < -0.3 is 15.1 Å². The topological polar surface area (TPSA) is 55.9 Å². The van der Waals surface area contributed by atoms with Gasteiger partial charge in [-0.2, -0.15) is 0 Å². The van der Waals surface area contributed by atoms with Gasteiger partial charge in [0.15, 0.2) is 0 Å². The first-order valence-electron chi connectivity index (χ1n) is 11.5. The second-order valence-corrected chi connectivity index (χ2v) is 10.1. The van der Waals surface area contributed by atoms with E-state index in [4.69, 9.17) is 0 Å². The van der Waals surface area contributed by atoms with Gasteiger partial charge in [0.25, 0.3) is 0 Å². The number of nitrogens with one attached hydrogen (secondary N) is 1. The molecule has 0 radical (unpaired) electrons. The highest BCUT2D eigenvalue weighted by molar-refractivity contribution is 5.85. The number of rotatable bonds is 4. The van der Waals surface area contributed by atoms with E-state index >= 15 is 0 Å². The van der Waals surface area contributed by atoms with Crippen molar-refractivity contribution < 1.29 is 9.59 Å². The van der Waals surface area contributed by atoms with Crippen LogP contribution in [0.2, 0.25) is 0 Å². The summed E-state index contributed by atoms with van der Waals surface area (Å²) in [5.74, 6) is 2.37. The summed E-state index contributed by atoms with van der Waals surface area (Å²) in [6.45, 7) is 10.0. The summed E-state index contributed by atoms with van der Waals surface area (Å²) in [5.41, 5.74) is 0. The standard InChI is InChI=1S/C22H38N4O2.2ClH/c1-16-9-17(2)14-26(13-16)22(28)15-24-5-7-25(8-6-24)21(27)12-18-10-19-3-4-20(11-18)23-19;;/h16-20,23H,3-15H2,1-2H3;2*1H. The molecule has 4 aliphatic heterocycles. The second kappa shape index (κ2) is 11.3. The Kier molecular flexibility index (Phi) is 9.72. The molecule has 8 heteroatoms. The molecule has 4 aliphatic rings. The highest BCUT2D eigenvalue weighted by atomic mass is 35.5. The van der Waals surface area contributed by atoms with Crippen molar-refractivity contribution in [1.29, 1.82) is 0 Å². The summed E-state index contributed by atoms with van der Waals surface area (Å²) in [4.78, 5) is 31.8. The maximum absolute atomic E-state index is 12.8. The van der Waals surface area contributed by atoms with Crippen molar-refractivity contribution in [3.05, 3.63) is 0 Å². The molecule has 1 N–H and O–H groups in total. The fourth-order valence-corrected chi connectivity index (χ4v) is 6.03. The predicted octanol–water partition coefficient (Wildman–Crippen LogP) is 2.40. The fraction of sp³-hybridized carbons (Fsp3) is 0.909. The number of carbonyl (C=O) groups is 2. The van der Waals surface area contributed by atoms with Crippen LogP contribution in [0.4, 0.5) is 0 Å². The summed E-state index contributed by atoms with van der Waals surface area (Å²) in [5, 5.41) is 3.66. The lowest BCUT2D eigenvalue weighted by Gasteiger charge is -2.39. The van der Waals surface area contributed by atoms with Crippen LogP contribution in [0, 0.1) is 17.8 Å². The number of piperazine rings is 1. The van der Waals surface area contributed by atoms with Gasteiger partial charge in [0.1, 0.15) is 0 Å². The van der Waals surface area contributed by atoms with E-state index in [2.05, 4.69) is 29.0 Å². The number of halogens is 2. The molecule has 4 fully saturated rings. The molecule has 0 saturated carbocycles. The van der Waals surface area contributed by atoms with Crippen LogP contribution in [0.5, 0.6) is 0 Å². The number of hydrogen-bond acceptors (Lipinski definition) is 4. The molecule has 4 unspecified atom stereocenters. The third-order valence-corrected chi connectivity index (χ3v) is 7.34. The van der Waals surface area contributed by atoms with Crippen molar-refractivity contribution in [3.8, 4) is 0 Å². The van der Waals surface area contributed by atoms with Crippen molar-refractivity contribution in [3.63, 3.8) is 0 Å². The van der Waals surface area contributed by atoms with E-state index in [0.29, 0.717) is 42.3 Å². The Morgan fingerprint density at radius 1 is 0.800 bits per heavy atom. The van der Waals surface area contributed by atoms with Crippen LogP contribution >= 0.6 is 24.8 Å². The molecule has 2 bridgehead atoms. The third kappa shape index (κ3) is 6.47. The van der Waals surface area contributed by atoms with Crippen LogP contribution in [0.15, 0.2) is 0 Å². The van der Waals surface area contributed by atoms with Crippen molar-refractivity contribution in [2.45, 2.75) is 64.5 Å². The normalized spacial score (nSPS) is 34.1. The molecule has 0 aliphatic carbocycles. The van der Waals surface area contributed by atoms with Crippen molar-refractivity contribution in [2.75, 3.05) is 45.8 Å². The minimum absolute atomic E-state index is 0. The Bertz CT molecular complexity index is 563. The molecule has 2 amide bonds. The predicted molar refractivity (Wildman–Crippen MR) is 124 cm³/mol. The van der Waals surface area contributed by atoms with E-state index in [-0.39, 0.29) is 30.7 Å². The van der Waals surface area contributed by atoms with E-state index in [9.17, 15) is 9.59 Å². The van der Waals surface area contributed by atoms with Crippen LogP contribution in [0.1, 0.15) is 52.4 Å². The van der Waals surface area contributed by atoms with E-state index < -0.39 is 0 Å². The lowest BCUT2D eigenvalue weighted by atomic mass is 9.89. The number of amides is 2. The molecule has 6 nitrogen and oxygen atoms in total. The number of likely N-dealkylation sites (tertiary alicyclic amines) is 1. The average molecular weight is 463 g/mol. The summed E-state index contributed by atoms with van der Waals surface area (Å²) in [6.07, 6.45) is 6.86. The quantitative estimate of drug-likeness (QED) is 0.696. The molecular weight excluding hydrogens is 423 g/mol. The summed E-state index contributed by atoms with van der Waals surface area (Å²) in [6, 6.07) is 1.30. The van der Waals surface area contributed by atoms with Crippen molar-refractivity contribution in [1.82, 2.24) is 20.0 Å². The first kappa shape index (κ1) is 25.7. The minimum atomic E-state index is 0. The van der Waals surface area contributed by atoms with Crippen LogP contribution in [0.25, 0.3) is 0 Å². The van der Waals surface area contributed by atoms with E-state index in [1.807, 2.05) is 4.90 Å². The molecule has 0 spiro atoms. The largest absolute Gasteiger partial charge is 0.341 e. The number of fused-ring (bicyclic) bond motifs is 2. The van der Waals surface area contributed by atoms with Crippen LogP contribution in [0.3, 0.4) is 0 Å². The minimum Gasteiger partial charge on any atom is -0.341 e. The van der Waals surface area contributed by atoms with E-state index in [1.165, 1.54) is 32.1 Å².